The molecule has 19 heavy (non-hydrogen) atoms. The summed E-state index contributed by atoms with van der Waals surface area (Å²) in [5.74, 6) is 0. The van der Waals surface area contributed by atoms with Crippen LogP contribution >= 0.6 is 11.6 Å². The van der Waals surface area contributed by atoms with E-state index in [0.717, 1.165) is 36.6 Å². The van der Waals surface area contributed by atoms with Crippen LogP contribution in [0.3, 0.4) is 0 Å². The molecule has 0 spiro atoms. The first kappa shape index (κ1) is 16.5. The molecule has 0 aliphatic rings. The highest BCUT2D eigenvalue weighted by Gasteiger charge is 2.25. The van der Waals surface area contributed by atoms with E-state index in [1.807, 2.05) is 11.6 Å². The maximum absolute atomic E-state index is 6.40. The first-order valence-corrected chi connectivity index (χ1v) is 7.63. The fourth-order valence-corrected chi connectivity index (χ4v) is 3.02. The van der Waals surface area contributed by atoms with E-state index in [4.69, 9.17) is 11.6 Å². The van der Waals surface area contributed by atoms with E-state index < -0.39 is 0 Å². The van der Waals surface area contributed by atoms with Gasteiger partial charge in [-0.1, -0.05) is 32.4 Å². The van der Waals surface area contributed by atoms with Crippen LogP contribution in [0, 0.1) is 12.3 Å². The molecule has 3 nitrogen and oxygen atoms in total. The van der Waals surface area contributed by atoms with Crippen molar-refractivity contribution < 1.29 is 0 Å². The maximum atomic E-state index is 6.40. The topological polar surface area (TPSA) is 29.9 Å². The van der Waals surface area contributed by atoms with Crippen molar-refractivity contribution in [1.29, 1.82) is 0 Å². The van der Waals surface area contributed by atoms with Crippen LogP contribution in [0.1, 0.15) is 52.4 Å². The number of hydrogen-bond acceptors (Lipinski definition) is 2. The van der Waals surface area contributed by atoms with Gasteiger partial charge in [0.15, 0.2) is 0 Å². The Kier molecular flexibility index (Phi) is 5.87. The fourth-order valence-electron chi connectivity index (χ4n) is 2.81. The average molecular weight is 286 g/mol. The van der Waals surface area contributed by atoms with Crippen molar-refractivity contribution >= 4 is 11.6 Å². The zero-order valence-electron chi connectivity index (χ0n) is 13.2. The Balaban J connectivity index is 2.82. The number of aromatic nitrogens is 2. The Morgan fingerprint density at radius 2 is 2.00 bits per heavy atom. The van der Waals surface area contributed by atoms with Crippen molar-refractivity contribution in [1.82, 2.24) is 15.1 Å². The fraction of sp³-hybridized carbons (Fsp3) is 0.800. The second kappa shape index (κ2) is 6.76. The van der Waals surface area contributed by atoms with Gasteiger partial charge in [-0.2, -0.15) is 5.10 Å². The summed E-state index contributed by atoms with van der Waals surface area (Å²) in [6, 6.07) is 0.526. The van der Waals surface area contributed by atoms with E-state index in [9.17, 15) is 0 Å². The van der Waals surface area contributed by atoms with Gasteiger partial charge in [0.1, 0.15) is 0 Å². The zero-order chi connectivity index (χ0) is 14.6. The van der Waals surface area contributed by atoms with Crippen molar-refractivity contribution in [3.8, 4) is 0 Å². The number of nitrogens with zero attached hydrogens (tertiary/aromatic N) is 2. The Bertz CT molecular complexity index is 410. The van der Waals surface area contributed by atoms with E-state index in [0.29, 0.717) is 6.04 Å². The van der Waals surface area contributed by atoms with E-state index in [2.05, 4.69) is 45.0 Å². The summed E-state index contributed by atoms with van der Waals surface area (Å²) in [5.41, 5.74) is 2.33. The largest absolute Gasteiger partial charge is 0.315 e. The van der Waals surface area contributed by atoms with Gasteiger partial charge >= 0.3 is 0 Å². The van der Waals surface area contributed by atoms with E-state index in [1.165, 1.54) is 5.69 Å². The van der Waals surface area contributed by atoms with Crippen LogP contribution in [0.2, 0.25) is 5.02 Å². The van der Waals surface area contributed by atoms with Crippen LogP contribution in [0.25, 0.3) is 0 Å². The number of rotatable bonds is 7. The minimum absolute atomic E-state index is 0.213. The molecule has 1 aromatic rings. The summed E-state index contributed by atoms with van der Waals surface area (Å²) in [7, 11) is 0. The van der Waals surface area contributed by atoms with E-state index >= 15 is 0 Å². The third-order valence-electron chi connectivity index (χ3n) is 3.51. The highest BCUT2D eigenvalue weighted by atomic mass is 35.5. The smallest absolute Gasteiger partial charge is 0.0847 e. The maximum Gasteiger partial charge on any atom is 0.0847 e. The lowest BCUT2D eigenvalue weighted by Gasteiger charge is -2.29. The number of aryl methyl sites for hydroxylation is 2. The summed E-state index contributed by atoms with van der Waals surface area (Å²) in [4.78, 5) is 0. The second-order valence-corrected chi connectivity index (χ2v) is 6.54. The molecule has 0 fully saturated rings. The van der Waals surface area contributed by atoms with Crippen molar-refractivity contribution in [3.63, 3.8) is 0 Å². The highest BCUT2D eigenvalue weighted by molar-refractivity contribution is 6.31. The molecule has 0 saturated heterocycles. The van der Waals surface area contributed by atoms with E-state index in [1.54, 1.807) is 0 Å². The number of halogens is 1. The summed E-state index contributed by atoms with van der Waals surface area (Å²) in [6.45, 7) is 15.0. The third-order valence-corrected chi connectivity index (χ3v) is 4.00. The van der Waals surface area contributed by atoms with Gasteiger partial charge < -0.3 is 5.32 Å². The predicted molar refractivity (Wildman–Crippen MR) is 82.9 cm³/mol. The molecule has 110 valence electrons. The second-order valence-electron chi connectivity index (χ2n) is 6.17. The highest BCUT2D eigenvalue weighted by Crippen LogP contribution is 2.31. The quantitative estimate of drug-likeness (QED) is 0.825. The molecule has 0 aromatic carbocycles. The Labute approximate surface area is 122 Å². The molecule has 4 heteroatoms. The molecule has 0 saturated carbocycles. The lowest BCUT2D eigenvalue weighted by Crippen LogP contribution is -2.32. The molecule has 1 aromatic heterocycles. The van der Waals surface area contributed by atoms with Crippen LogP contribution in [0.15, 0.2) is 0 Å². The molecule has 1 N–H and O–H groups in total. The molecule has 0 aliphatic heterocycles. The average Bonchev–Trinajstić information content (AvgIpc) is 2.55. The molecule has 0 radical (unpaired) electrons. The van der Waals surface area contributed by atoms with Crippen molar-refractivity contribution in [3.05, 3.63) is 16.4 Å². The lowest BCUT2D eigenvalue weighted by molar-refractivity contribution is 0.282. The summed E-state index contributed by atoms with van der Waals surface area (Å²) < 4.78 is 2.04. The normalized spacial score (nSPS) is 13.8. The standard InChI is InChI=1S/C15H28ClN3/c1-7-17-11(3)9-15(5,6)10-13-14(16)12(4)18-19(13)8-2/h11,17H,7-10H2,1-6H3. The van der Waals surface area contributed by atoms with Crippen molar-refractivity contribution in [2.24, 2.45) is 5.41 Å². The predicted octanol–water partition coefficient (Wildman–Crippen LogP) is 3.82. The van der Waals surface area contributed by atoms with Crippen LogP contribution in [-0.4, -0.2) is 22.4 Å². The first-order valence-electron chi connectivity index (χ1n) is 7.26. The Morgan fingerprint density at radius 1 is 1.37 bits per heavy atom. The van der Waals surface area contributed by atoms with Gasteiger partial charge in [-0.25, -0.2) is 0 Å². The molecule has 0 bridgehead atoms. The van der Waals surface area contributed by atoms with E-state index in [-0.39, 0.29) is 5.41 Å². The van der Waals surface area contributed by atoms with Crippen molar-refractivity contribution in [2.75, 3.05) is 6.54 Å². The van der Waals surface area contributed by atoms with Gasteiger partial charge in [0.25, 0.3) is 0 Å². The van der Waals surface area contributed by atoms with Gasteiger partial charge in [0, 0.05) is 12.6 Å². The number of hydrogen-bond donors (Lipinski definition) is 1. The lowest BCUT2D eigenvalue weighted by atomic mass is 9.81. The molecule has 1 heterocycles. The van der Waals surface area contributed by atoms with Crippen LogP contribution in [0.4, 0.5) is 0 Å². The van der Waals surface area contributed by atoms with Gasteiger partial charge in [-0.05, 0) is 45.6 Å². The third kappa shape index (κ3) is 4.50. The minimum Gasteiger partial charge on any atom is -0.315 e. The van der Waals surface area contributed by atoms with Crippen LogP contribution in [-0.2, 0) is 13.0 Å². The minimum atomic E-state index is 0.213. The molecular weight excluding hydrogens is 258 g/mol. The van der Waals surface area contributed by atoms with Gasteiger partial charge in [0.2, 0.25) is 0 Å². The molecule has 1 atom stereocenters. The molecule has 1 rings (SSSR count). The van der Waals surface area contributed by atoms with Gasteiger partial charge in [-0.3, -0.25) is 4.68 Å². The number of nitrogens with one attached hydrogen (secondary N) is 1. The van der Waals surface area contributed by atoms with Crippen LogP contribution < -0.4 is 5.32 Å². The summed E-state index contributed by atoms with van der Waals surface area (Å²) >= 11 is 6.40. The van der Waals surface area contributed by atoms with Crippen molar-refractivity contribution in [2.45, 2.75) is 67.0 Å². The monoisotopic (exact) mass is 285 g/mol. The zero-order valence-corrected chi connectivity index (χ0v) is 13.9. The molecule has 1 unspecified atom stereocenters. The van der Waals surface area contributed by atoms with Gasteiger partial charge in [-0.15, -0.1) is 0 Å². The summed E-state index contributed by atoms with van der Waals surface area (Å²) in [5, 5.41) is 8.82. The Hall–Kier alpha value is -0.540. The molecular formula is C15H28ClN3. The first-order chi connectivity index (χ1) is 8.80. The Morgan fingerprint density at radius 3 is 2.53 bits per heavy atom. The summed E-state index contributed by atoms with van der Waals surface area (Å²) in [6.07, 6.45) is 2.10. The molecule has 0 aliphatic carbocycles. The van der Waals surface area contributed by atoms with Gasteiger partial charge in [0.05, 0.1) is 16.4 Å². The SMILES string of the molecule is CCNC(C)CC(C)(C)Cc1c(Cl)c(C)nn1CC. The van der Waals surface area contributed by atoms with Crippen LogP contribution in [0.5, 0.6) is 0 Å². The molecule has 0 amide bonds.